The Kier molecular flexibility index (Phi) is 2.87. The third-order valence-electron chi connectivity index (χ3n) is 3.68. The number of nitrogens with zero attached hydrogens (tertiary/aromatic N) is 3. The largest absolute Gasteiger partial charge is 0.287 e. The van der Waals surface area contributed by atoms with Gasteiger partial charge in [0.2, 0.25) is 0 Å². The Hall–Kier alpha value is -2.46. The minimum Gasteiger partial charge on any atom is -0.287 e. The fourth-order valence-electron chi connectivity index (χ4n) is 2.72. The molecule has 0 radical (unpaired) electrons. The van der Waals surface area contributed by atoms with Crippen molar-refractivity contribution in [3.05, 3.63) is 65.2 Å². The Balaban J connectivity index is 2.23. The average Bonchev–Trinajstić information content (AvgIpc) is 2.88. The number of aryl methyl sites for hydroxylation is 1. The van der Waals surface area contributed by atoms with Gasteiger partial charge in [-0.1, -0.05) is 41.9 Å². The smallest absolute Gasteiger partial charge is 0.155 e. The van der Waals surface area contributed by atoms with Crippen LogP contribution in [0.5, 0.6) is 0 Å². The van der Waals surface area contributed by atoms with Gasteiger partial charge >= 0.3 is 0 Å². The molecule has 0 aliphatic carbocycles. The molecule has 0 amide bonds. The summed E-state index contributed by atoms with van der Waals surface area (Å²) in [6.45, 7) is 1.88. The molecule has 4 rings (SSSR count). The zero-order chi connectivity index (χ0) is 15.3. The summed E-state index contributed by atoms with van der Waals surface area (Å²) in [4.78, 5) is 8.97. The molecule has 0 saturated heterocycles. The summed E-state index contributed by atoms with van der Waals surface area (Å²) in [6.07, 6.45) is 0. The quantitative estimate of drug-likeness (QED) is 0.512. The molecule has 4 aromatic rings. The van der Waals surface area contributed by atoms with Crippen LogP contribution in [0.4, 0.5) is 4.39 Å². The Bertz CT molecular complexity index is 1010. The van der Waals surface area contributed by atoms with E-state index in [2.05, 4.69) is 9.97 Å². The van der Waals surface area contributed by atoms with E-state index in [0.29, 0.717) is 21.7 Å². The second-order valence-corrected chi connectivity index (χ2v) is 5.46. The van der Waals surface area contributed by atoms with Crippen molar-refractivity contribution in [2.24, 2.45) is 0 Å². The van der Waals surface area contributed by atoms with Crippen molar-refractivity contribution in [1.29, 1.82) is 0 Å². The highest BCUT2D eigenvalue weighted by atomic mass is 35.5. The van der Waals surface area contributed by atoms with Gasteiger partial charge in [0.25, 0.3) is 0 Å². The predicted molar refractivity (Wildman–Crippen MR) is 85.6 cm³/mol. The van der Waals surface area contributed by atoms with Gasteiger partial charge in [0.1, 0.15) is 17.2 Å². The van der Waals surface area contributed by atoms with Crippen molar-refractivity contribution < 1.29 is 4.39 Å². The molecule has 22 heavy (non-hydrogen) atoms. The van der Waals surface area contributed by atoms with Crippen LogP contribution in [-0.4, -0.2) is 14.4 Å². The lowest BCUT2D eigenvalue weighted by Gasteiger charge is -2.07. The van der Waals surface area contributed by atoms with E-state index in [1.54, 1.807) is 6.07 Å². The summed E-state index contributed by atoms with van der Waals surface area (Å²) < 4.78 is 15.6. The van der Waals surface area contributed by atoms with Crippen LogP contribution in [0, 0.1) is 12.7 Å². The van der Waals surface area contributed by atoms with Crippen molar-refractivity contribution in [3.8, 4) is 11.4 Å². The molecular formula is C17H11ClFN3. The monoisotopic (exact) mass is 311 g/mol. The zero-order valence-corrected chi connectivity index (χ0v) is 12.5. The first-order chi connectivity index (χ1) is 10.6. The number of rotatable bonds is 1. The summed E-state index contributed by atoms with van der Waals surface area (Å²) >= 11 is 6.32. The number of fused-ring (bicyclic) bond motifs is 3. The molecule has 5 heteroatoms. The lowest BCUT2D eigenvalue weighted by Crippen LogP contribution is -1.96. The summed E-state index contributed by atoms with van der Waals surface area (Å²) in [5, 5.41) is 0.367. The van der Waals surface area contributed by atoms with Gasteiger partial charge < -0.3 is 0 Å². The van der Waals surface area contributed by atoms with Crippen LogP contribution in [0.2, 0.25) is 5.15 Å². The third kappa shape index (κ3) is 1.88. The van der Waals surface area contributed by atoms with E-state index in [1.807, 2.05) is 41.7 Å². The van der Waals surface area contributed by atoms with Crippen molar-refractivity contribution in [1.82, 2.24) is 14.4 Å². The summed E-state index contributed by atoms with van der Waals surface area (Å²) in [6, 6.07) is 14.2. The summed E-state index contributed by atoms with van der Waals surface area (Å²) in [5.41, 5.74) is 3.70. The summed E-state index contributed by atoms with van der Waals surface area (Å²) in [7, 11) is 0. The van der Waals surface area contributed by atoms with E-state index < -0.39 is 0 Å². The highest BCUT2D eigenvalue weighted by molar-refractivity contribution is 6.33. The number of hydrogen-bond acceptors (Lipinski definition) is 2. The molecule has 0 saturated carbocycles. The maximum absolute atomic E-state index is 13.7. The van der Waals surface area contributed by atoms with E-state index >= 15 is 0 Å². The molecule has 0 spiro atoms. The maximum Gasteiger partial charge on any atom is 0.155 e. The van der Waals surface area contributed by atoms with E-state index in [0.717, 1.165) is 17.1 Å². The van der Waals surface area contributed by atoms with Gasteiger partial charge in [0, 0.05) is 11.6 Å². The van der Waals surface area contributed by atoms with Crippen molar-refractivity contribution in [2.45, 2.75) is 6.92 Å². The topological polar surface area (TPSA) is 30.2 Å². The highest BCUT2D eigenvalue weighted by Gasteiger charge is 2.17. The van der Waals surface area contributed by atoms with Crippen molar-refractivity contribution in [3.63, 3.8) is 0 Å². The molecule has 2 aromatic heterocycles. The maximum atomic E-state index is 13.7. The van der Waals surface area contributed by atoms with Gasteiger partial charge in [0.05, 0.1) is 16.7 Å². The van der Waals surface area contributed by atoms with Crippen molar-refractivity contribution >= 4 is 28.2 Å². The highest BCUT2D eigenvalue weighted by Crippen LogP contribution is 2.30. The zero-order valence-electron chi connectivity index (χ0n) is 11.7. The van der Waals surface area contributed by atoms with E-state index in [4.69, 9.17) is 11.6 Å². The summed E-state index contributed by atoms with van der Waals surface area (Å²) in [5.74, 6) is 0.413. The number of benzene rings is 2. The van der Waals surface area contributed by atoms with E-state index in [9.17, 15) is 4.39 Å². The first-order valence-corrected chi connectivity index (χ1v) is 7.22. The van der Waals surface area contributed by atoms with Crippen LogP contribution in [0.3, 0.4) is 0 Å². The standard InChI is InChI=1S/C17H11ClFN3/c1-10-15-16(18)21-13-8-7-12(19)9-14(13)22(15)17(20-10)11-5-3-2-4-6-11/h2-9H,1H3. The molecule has 2 aromatic carbocycles. The Labute approximate surface area is 131 Å². The van der Waals surface area contributed by atoms with Crippen molar-refractivity contribution in [2.75, 3.05) is 0 Å². The number of aromatic nitrogens is 3. The minimum absolute atomic E-state index is 0.316. The second kappa shape index (κ2) is 4.78. The van der Waals surface area contributed by atoms with E-state index in [-0.39, 0.29) is 5.82 Å². The fraction of sp³-hybridized carbons (Fsp3) is 0.0588. The number of halogens is 2. The molecule has 2 heterocycles. The van der Waals surface area contributed by atoms with Gasteiger partial charge in [-0.2, -0.15) is 0 Å². The molecule has 0 fully saturated rings. The van der Waals surface area contributed by atoms with Gasteiger partial charge in [-0.25, -0.2) is 14.4 Å². The molecule has 108 valence electrons. The van der Waals surface area contributed by atoms with Gasteiger partial charge in [-0.3, -0.25) is 4.40 Å². The molecule has 3 nitrogen and oxygen atoms in total. The first-order valence-electron chi connectivity index (χ1n) is 6.84. The number of imidazole rings is 1. The molecule has 0 N–H and O–H groups in total. The van der Waals surface area contributed by atoms with Crippen LogP contribution in [0.25, 0.3) is 27.9 Å². The minimum atomic E-state index is -0.316. The third-order valence-corrected chi connectivity index (χ3v) is 3.94. The van der Waals surface area contributed by atoms with Crippen LogP contribution in [0.15, 0.2) is 48.5 Å². The van der Waals surface area contributed by atoms with E-state index in [1.165, 1.54) is 12.1 Å². The van der Waals surface area contributed by atoms with Gasteiger partial charge in [-0.05, 0) is 19.1 Å². The first kappa shape index (κ1) is 13.2. The Morgan fingerprint density at radius 1 is 1.05 bits per heavy atom. The second-order valence-electron chi connectivity index (χ2n) is 5.11. The Morgan fingerprint density at radius 3 is 2.59 bits per heavy atom. The molecule has 0 unspecified atom stereocenters. The van der Waals surface area contributed by atoms with Crippen LogP contribution in [0.1, 0.15) is 5.69 Å². The SMILES string of the molecule is Cc1nc(-c2ccccc2)n2c1c(Cl)nc1ccc(F)cc12. The molecule has 0 atom stereocenters. The van der Waals surface area contributed by atoms with Crippen LogP contribution < -0.4 is 0 Å². The lowest BCUT2D eigenvalue weighted by atomic mass is 10.2. The Morgan fingerprint density at radius 2 is 1.82 bits per heavy atom. The van der Waals surface area contributed by atoms with Gasteiger partial charge in [-0.15, -0.1) is 0 Å². The number of hydrogen-bond donors (Lipinski definition) is 0. The fourth-order valence-corrected chi connectivity index (χ4v) is 3.03. The average molecular weight is 312 g/mol. The predicted octanol–water partition coefficient (Wildman–Crippen LogP) is 4.65. The van der Waals surface area contributed by atoms with Crippen LogP contribution >= 0.6 is 11.6 Å². The molecular weight excluding hydrogens is 301 g/mol. The molecule has 0 aliphatic heterocycles. The molecule has 0 aliphatic rings. The van der Waals surface area contributed by atoms with Gasteiger partial charge in [0.15, 0.2) is 5.15 Å². The lowest BCUT2D eigenvalue weighted by molar-refractivity contribution is 0.629. The van der Waals surface area contributed by atoms with Crippen LogP contribution in [-0.2, 0) is 0 Å². The normalized spacial score (nSPS) is 11.4. The molecule has 0 bridgehead atoms.